The summed E-state index contributed by atoms with van der Waals surface area (Å²) in [6.45, 7) is 3.77. The second-order valence-electron chi connectivity index (χ2n) is 7.03. The summed E-state index contributed by atoms with van der Waals surface area (Å²) in [4.78, 5) is 25.4. The maximum Gasteiger partial charge on any atom is 0.265 e. The number of benzene rings is 2. The number of hydrogen-bond donors (Lipinski definition) is 2. The zero-order chi connectivity index (χ0) is 22.1. The van der Waals surface area contributed by atoms with Crippen LogP contribution in [0.5, 0.6) is 0 Å². The van der Waals surface area contributed by atoms with E-state index in [0.717, 1.165) is 21.5 Å². The van der Waals surface area contributed by atoms with Crippen molar-refractivity contribution in [3.8, 4) is 0 Å². The van der Waals surface area contributed by atoms with Gasteiger partial charge >= 0.3 is 0 Å². The van der Waals surface area contributed by atoms with Crippen LogP contribution in [-0.2, 0) is 11.3 Å². The standard InChI is InChI=1S/C22H18ClFN4O2S/c1-12-17-10-20(21(30)26-19-8-7-16(9-18(19)23)25-13(2)29)31-22(17)28(27-12)11-14-3-5-15(24)6-4-14/h3-10H,11H2,1-2H3,(H,25,29)(H,26,30). The summed E-state index contributed by atoms with van der Waals surface area (Å²) in [6.07, 6.45) is 0. The van der Waals surface area contributed by atoms with E-state index in [2.05, 4.69) is 15.7 Å². The zero-order valence-corrected chi connectivity index (χ0v) is 18.3. The topological polar surface area (TPSA) is 76.0 Å². The maximum absolute atomic E-state index is 13.2. The molecule has 0 aliphatic heterocycles. The molecule has 0 saturated carbocycles. The minimum atomic E-state index is -0.289. The van der Waals surface area contributed by atoms with Crippen LogP contribution in [0.2, 0.25) is 5.02 Å². The minimum absolute atomic E-state index is 0.205. The molecular formula is C22H18ClFN4O2S. The number of anilines is 2. The molecule has 0 aliphatic carbocycles. The van der Waals surface area contributed by atoms with E-state index >= 15 is 0 Å². The van der Waals surface area contributed by atoms with Crippen LogP contribution in [0.3, 0.4) is 0 Å². The molecule has 0 spiro atoms. The lowest BCUT2D eigenvalue weighted by molar-refractivity contribution is -0.114. The van der Waals surface area contributed by atoms with E-state index in [0.29, 0.717) is 27.8 Å². The van der Waals surface area contributed by atoms with E-state index < -0.39 is 0 Å². The molecule has 2 amide bonds. The summed E-state index contributed by atoms with van der Waals surface area (Å²) in [5.41, 5.74) is 2.72. The van der Waals surface area contributed by atoms with Crippen LogP contribution in [0.4, 0.5) is 15.8 Å². The van der Waals surface area contributed by atoms with Crippen LogP contribution in [0.25, 0.3) is 10.2 Å². The largest absolute Gasteiger partial charge is 0.326 e. The first-order chi connectivity index (χ1) is 14.8. The number of carbonyl (C=O) groups excluding carboxylic acids is 2. The number of aromatic nitrogens is 2. The Morgan fingerprint density at radius 2 is 1.87 bits per heavy atom. The van der Waals surface area contributed by atoms with Gasteiger partial charge in [-0.15, -0.1) is 11.3 Å². The van der Waals surface area contributed by atoms with Crippen LogP contribution in [-0.4, -0.2) is 21.6 Å². The number of carbonyl (C=O) groups is 2. The highest BCUT2D eigenvalue weighted by molar-refractivity contribution is 7.20. The Morgan fingerprint density at radius 3 is 2.55 bits per heavy atom. The van der Waals surface area contributed by atoms with Gasteiger partial charge in [0.25, 0.3) is 5.91 Å². The van der Waals surface area contributed by atoms with E-state index in [9.17, 15) is 14.0 Å². The molecule has 4 aromatic rings. The second-order valence-corrected chi connectivity index (χ2v) is 8.47. The third-order valence-electron chi connectivity index (χ3n) is 4.61. The molecule has 158 valence electrons. The van der Waals surface area contributed by atoms with Crippen molar-refractivity contribution in [3.63, 3.8) is 0 Å². The highest BCUT2D eigenvalue weighted by Gasteiger charge is 2.17. The lowest BCUT2D eigenvalue weighted by Gasteiger charge is -2.08. The average Bonchev–Trinajstić information content (AvgIpc) is 3.27. The Kier molecular flexibility index (Phi) is 5.75. The summed E-state index contributed by atoms with van der Waals surface area (Å²) in [6, 6.07) is 12.9. The molecular weight excluding hydrogens is 439 g/mol. The predicted octanol–water partition coefficient (Wildman–Crippen LogP) is 5.46. The van der Waals surface area contributed by atoms with Gasteiger partial charge in [-0.1, -0.05) is 23.7 Å². The molecule has 0 saturated heterocycles. The number of hydrogen-bond acceptors (Lipinski definition) is 4. The number of nitrogens with one attached hydrogen (secondary N) is 2. The second kappa shape index (κ2) is 8.49. The summed E-state index contributed by atoms with van der Waals surface area (Å²) in [5, 5.41) is 11.2. The molecule has 0 unspecified atom stereocenters. The fraction of sp³-hybridized carbons (Fsp3) is 0.136. The van der Waals surface area contributed by atoms with Crippen molar-refractivity contribution < 1.29 is 14.0 Å². The Labute approximate surface area is 186 Å². The van der Waals surface area contributed by atoms with Gasteiger partial charge in [-0.05, 0) is 48.9 Å². The van der Waals surface area contributed by atoms with Crippen LogP contribution in [0.1, 0.15) is 27.9 Å². The normalized spacial score (nSPS) is 11.0. The van der Waals surface area contributed by atoms with Crippen molar-refractivity contribution in [3.05, 3.63) is 75.5 Å². The van der Waals surface area contributed by atoms with E-state index in [4.69, 9.17) is 11.6 Å². The van der Waals surface area contributed by atoms with Crippen molar-refractivity contribution in [1.29, 1.82) is 0 Å². The number of nitrogens with zero attached hydrogens (tertiary/aromatic N) is 2. The SMILES string of the molecule is CC(=O)Nc1ccc(NC(=O)c2cc3c(C)nn(Cc4ccc(F)cc4)c3s2)c(Cl)c1. The Morgan fingerprint density at radius 1 is 1.13 bits per heavy atom. The molecule has 2 heterocycles. The van der Waals surface area contributed by atoms with Gasteiger partial charge < -0.3 is 10.6 Å². The number of amides is 2. The van der Waals surface area contributed by atoms with Crippen molar-refractivity contribution in [2.24, 2.45) is 0 Å². The number of halogens is 2. The molecule has 2 N–H and O–H groups in total. The van der Waals surface area contributed by atoms with Gasteiger partial charge in [0, 0.05) is 18.0 Å². The monoisotopic (exact) mass is 456 g/mol. The lowest BCUT2D eigenvalue weighted by atomic mass is 10.2. The smallest absolute Gasteiger partial charge is 0.265 e. The molecule has 0 atom stereocenters. The molecule has 0 bridgehead atoms. The first kappa shape index (κ1) is 21.0. The molecule has 0 radical (unpaired) electrons. The van der Waals surface area contributed by atoms with E-state index in [1.807, 2.05) is 11.6 Å². The van der Waals surface area contributed by atoms with Gasteiger partial charge in [-0.25, -0.2) is 4.39 Å². The molecule has 2 aromatic carbocycles. The molecule has 2 aromatic heterocycles. The zero-order valence-electron chi connectivity index (χ0n) is 16.7. The quantitative estimate of drug-likeness (QED) is 0.419. The molecule has 31 heavy (non-hydrogen) atoms. The predicted molar refractivity (Wildman–Crippen MR) is 122 cm³/mol. The summed E-state index contributed by atoms with van der Waals surface area (Å²) in [5.74, 6) is -0.782. The van der Waals surface area contributed by atoms with E-state index in [-0.39, 0.29) is 17.6 Å². The highest BCUT2D eigenvalue weighted by Crippen LogP contribution is 2.31. The third kappa shape index (κ3) is 4.60. The number of thiophene rings is 1. The molecule has 4 rings (SSSR count). The molecule has 0 aliphatic rings. The van der Waals surface area contributed by atoms with Crippen molar-refractivity contribution >= 4 is 56.3 Å². The number of rotatable bonds is 5. The molecule has 0 fully saturated rings. The summed E-state index contributed by atoms with van der Waals surface area (Å²) in [7, 11) is 0. The first-order valence-electron chi connectivity index (χ1n) is 9.40. The van der Waals surface area contributed by atoms with Gasteiger partial charge in [0.15, 0.2) is 0 Å². The van der Waals surface area contributed by atoms with Crippen LogP contribution in [0, 0.1) is 12.7 Å². The van der Waals surface area contributed by atoms with E-state index in [1.54, 1.807) is 36.4 Å². The molecule has 9 heteroatoms. The Hall–Kier alpha value is -3.23. The minimum Gasteiger partial charge on any atom is -0.326 e. The third-order valence-corrected chi connectivity index (χ3v) is 6.07. The van der Waals surface area contributed by atoms with Crippen LogP contribution >= 0.6 is 22.9 Å². The number of aryl methyl sites for hydroxylation is 1. The fourth-order valence-electron chi connectivity index (χ4n) is 3.18. The van der Waals surface area contributed by atoms with Crippen molar-refractivity contribution in [2.75, 3.05) is 10.6 Å². The van der Waals surface area contributed by atoms with Crippen LogP contribution in [0.15, 0.2) is 48.5 Å². The lowest BCUT2D eigenvalue weighted by Crippen LogP contribution is -2.11. The van der Waals surface area contributed by atoms with Gasteiger partial charge in [-0.3, -0.25) is 14.3 Å². The Balaban J connectivity index is 1.56. The van der Waals surface area contributed by atoms with Gasteiger partial charge in [0.2, 0.25) is 5.91 Å². The van der Waals surface area contributed by atoms with Gasteiger partial charge in [0.1, 0.15) is 10.6 Å². The van der Waals surface area contributed by atoms with Gasteiger partial charge in [0.05, 0.1) is 27.8 Å². The highest BCUT2D eigenvalue weighted by atomic mass is 35.5. The van der Waals surface area contributed by atoms with E-state index in [1.165, 1.54) is 30.4 Å². The van der Waals surface area contributed by atoms with Crippen molar-refractivity contribution in [2.45, 2.75) is 20.4 Å². The summed E-state index contributed by atoms with van der Waals surface area (Å²) < 4.78 is 15.0. The van der Waals surface area contributed by atoms with Crippen molar-refractivity contribution in [1.82, 2.24) is 9.78 Å². The first-order valence-corrected chi connectivity index (χ1v) is 10.6. The molecule has 6 nitrogen and oxygen atoms in total. The number of fused-ring (bicyclic) bond motifs is 1. The fourth-order valence-corrected chi connectivity index (χ4v) is 4.46. The van der Waals surface area contributed by atoms with Gasteiger partial charge in [-0.2, -0.15) is 5.10 Å². The van der Waals surface area contributed by atoms with Crippen LogP contribution < -0.4 is 10.6 Å². The Bertz CT molecular complexity index is 1300. The summed E-state index contributed by atoms with van der Waals surface area (Å²) >= 11 is 7.58. The maximum atomic E-state index is 13.2. The average molecular weight is 457 g/mol.